The maximum atomic E-state index is 6.55. The topological polar surface area (TPSA) is 60.6 Å². The summed E-state index contributed by atoms with van der Waals surface area (Å²) in [7, 11) is 0. The quantitative estimate of drug-likeness (QED) is 0.0794. The van der Waals surface area contributed by atoms with Crippen molar-refractivity contribution in [3.63, 3.8) is 0 Å². The van der Waals surface area contributed by atoms with E-state index in [-0.39, 0.29) is 21.7 Å². The second-order valence-corrected chi connectivity index (χ2v) is 26.5. The number of nitrogens with zero attached hydrogens (tertiary/aromatic N) is 3. The second-order valence-electron chi connectivity index (χ2n) is 26.5. The highest BCUT2D eigenvalue weighted by atomic mass is 15.2. The van der Waals surface area contributed by atoms with Crippen molar-refractivity contribution in [2.75, 3.05) is 4.90 Å². The zero-order chi connectivity index (χ0) is 56.4. The van der Waals surface area contributed by atoms with Gasteiger partial charge in [0.05, 0.1) is 45.1 Å². The Morgan fingerprint density at radius 1 is 0.418 bits per heavy atom. The molecule has 5 nitrogen and oxygen atoms in total. The number of aromatic amines is 2. The molecule has 4 aromatic carbocycles. The van der Waals surface area contributed by atoms with Crippen LogP contribution in [0.4, 0.5) is 17.1 Å². The van der Waals surface area contributed by atoms with Crippen molar-refractivity contribution in [1.82, 2.24) is 19.9 Å². The fourth-order valence-corrected chi connectivity index (χ4v) is 11.0. The maximum absolute atomic E-state index is 6.55. The molecule has 9 rings (SSSR count). The Labute approximate surface area is 474 Å². The molecule has 0 saturated heterocycles. The van der Waals surface area contributed by atoms with Crippen LogP contribution in [0.2, 0.25) is 0 Å². The van der Waals surface area contributed by atoms with E-state index in [9.17, 15) is 0 Å². The molecule has 0 atom stereocenters. The average molecular weight is 1050 g/mol. The van der Waals surface area contributed by atoms with E-state index in [1.165, 1.54) is 84.7 Å². The molecular weight excluding hydrogens is 959 g/mol. The van der Waals surface area contributed by atoms with E-state index in [1.807, 2.05) is 0 Å². The first-order chi connectivity index (χ1) is 37.5. The summed E-state index contributed by atoms with van der Waals surface area (Å²) < 4.78 is 0. The Morgan fingerprint density at radius 3 is 1.19 bits per heavy atom. The summed E-state index contributed by atoms with van der Waals surface area (Å²) >= 11 is 0. The third-order valence-electron chi connectivity index (χ3n) is 16.0. The number of rotatable bonds is 15. The molecule has 0 amide bonds. The van der Waals surface area contributed by atoms with Crippen molar-refractivity contribution < 1.29 is 0 Å². The number of aryl methyl sites for hydroxylation is 2. The number of nitrogens with one attached hydrogen (secondary N) is 2. The van der Waals surface area contributed by atoms with Crippen LogP contribution in [0.3, 0.4) is 0 Å². The predicted octanol–water partition coefficient (Wildman–Crippen LogP) is 20.9. The summed E-state index contributed by atoms with van der Waals surface area (Å²) in [6.07, 6.45) is 27.2. The minimum Gasteiger partial charge on any atom is -0.354 e. The number of aromatic nitrogens is 4. The number of fused-ring (bicyclic) bond motifs is 8. The first-order valence-electron chi connectivity index (χ1n) is 29.5. The summed E-state index contributed by atoms with van der Waals surface area (Å²) in [4.78, 5) is 21.7. The smallest absolute Gasteiger partial charge is 0.0957 e. The van der Waals surface area contributed by atoms with Gasteiger partial charge in [-0.3, -0.25) is 0 Å². The van der Waals surface area contributed by atoms with Gasteiger partial charge in [-0.15, -0.1) is 6.42 Å². The predicted molar refractivity (Wildman–Crippen MR) is 343 cm³/mol. The van der Waals surface area contributed by atoms with E-state index in [0.717, 1.165) is 97.0 Å². The summed E-state index contributed by atoms with van der Waals surface area (Å²) in [5.41, 5.74) is 22.4. The van der Waals surface area contributed by atoms with Gasteiger partial charge in [0.25, 0.3) is 0 Å². The fourth-order valence-electron chi connectivity index (χ4n) is 11.0. The zero-order valence-electron chi connectivity index (χ0n) is 50.2. The first-order valence-corrected chi connectivity index (χ1v) is 29.5. The van der Waals surface area contributed by atoms with E-state index in [4.69, 9.17) is 16.4 Å². The van der Waals surface area contributed by atoms with Crippen LogP contribution in [0.5, 0.6) is 0 Å². The third kappa shape index (κ3) is 12.7. The van der Waals surface area contributed by atoms with Crippen molar-refractivity contribution in [2.24, 2.45) is 0 Å². The number of terminal acetylenes is 1. The Bertz CT molecular complexity index is 3420. The standard InChI is InChI=1S/C74H87N5/c1-16-19-21-23-25-49-27-31-57(32-28-49)79(58-33-29-50(30-34-58)26-24-22-20-17-2)70-66-41-39-64(77-66)68(51-43-53(71(4,5)6)47-54(44-51)72(7,8)9)62-37-35-60(75-62)59(18-3)61-36-38-63(76-61)69(65-40-42-67(70)78-65)52-45-55(73(10,11)12)48-56(46-52)74(13,14)15/h3,27-48,75,78H,16-17,19-26H2,1-2,4-15H3. The molecule has 5 heteroatoms. The molecule has 0 spiro atoms. The molecule has 5 heterocycles. The fraction of sp³-hybridized carbons (Fsp3) is 0.378. The van der Waals surface area contributed by atoms with Crippen LogP contribution >= 0.6 is 0 Å². The summed E-state index contributed by atoms with van der Waals surface area (Å²) in [6, 6.07) is 41.6. The van der Waals surface area contributed by atoms with Crippen molar-refractivity contribution in [2.45, 2.75) is 183 Å². The molecule has 3 aromatic heterocycles. The van der Waals surface area contributed by atoms with Crippen molar-refractivity contribution in [3.8, 4) is 34.6 Å². The third-order valence-corrected chi connectivity index (χ3v) is 16.0. The molecule has 8 bridgehead atoms. The summed E-state index contributed by atoms with van der Waals surface area (Å²) in [6.45, 7) is 32.2. The van der Waals surface area contributed by atoms with E-state index >= 15 is 0 Å². The normalized spacial score (nSPS) is 12.8. The molecule has 408 valence electrons. The molecule has 2 aliphatic rings. The van der Waals surface area contributed by atoms with Crippen LogP contribution in [0, 0.1) is 12.3 Å². The summed E-state index contributed by atoms with van der Waals surface area (Å²) in [5, 5.41) is 0. The van der Waals surface area contributed by atoms with E-state index < -0.39 is 0 Å². The van der Waals surface area contributed by atoms with E-state index in [1.54, 1.807) is 0 Å². The highest BCUT2D eigenvalue weighted by Gasteiger charge is 2.27. The first kappa shape index (κ1) is 56.6. The minimum absolute atomic E-state index is 0.104. The van der Waals surface area contributed by atoms with Crippen molar-refractivity contribution in [3.05, 3.63) is 171 Å². The highest BCUT2D eigenvalue weighted by molar-refractivity contribution is 5.99. The van der Waals surface area contributed by atoms with Gasteiger partial charge in [-0.2, -0.15) is 0 Å². The molecule has 0 unspecified atom stereocenters. The lowest BCUT2D eigenvalue weighted by Crippen LogP contribution is -2.16. The van der Waals surface area contributed by atoms with Crippen molar-refractivity contribution in [1.29, 1.82) is 0 Å². The Hall–Kier alpha value is -7.16. The van der Waals surface area contributed by atoms with Gasteiger partial charge in [0.1, 0.15) is 0 Å². The van der Waals surface area contributed by atoms with E-state index in [2.05, 4.69) is 251 Å². The van der Waals surface area contributed by atoms with Crippen molar-refractivity contribution >= 4 is 63.4 Å². The second kappa shape index (κ2) is 22.9. The van der Waals surface area contributed by atoms with Gasteiger partial charge in [-0.25, -0.2) is 9.97 Å². The lowest BCUT2D eigenvalue weighted by atomic mass is 9.78. The Morgan fingerprint density at radius 2 is 0.785 bits per heavy atom. The monoisotopic (exact) mass is 1050 g/mol. The summed E-state index contributed by atoms with van der Waals surface area (Å²) in [5.74, 6) is 3.08. The van der Waals surface area contributed by atoms with Gasteiger partial charge in [-0.05, 0) is 165 Å². The van der Waals surface area contributed by atoms with Gasteiger partial charge < -0.3 is 14.9 Å². The largest absolute Gasteiger partial charge is 0.354 e. The van der Waals surface area contributed by atoms with Crippen LogP contribution in [-0.2, 0) is 34.5 Å². The van der Waals surface area contributed by atoms with Crippen LogP contribution in [-0.4, -0.2) is 19.9 Å². The Balaban J connectivity index is 1.43. The van der Waals surface area contributed by atoms with Gasteiger partial charge in [0.2, 0.25) is 0 Å². The Kier molecular flexibility index (Phi) is 16.4. The number of unbranched alkanes of at least 4 members (excludes halogenated alkanes) is 6. The molecule has 2 aliphatic heterocycles. The number of H-pyrrole nitrogens is 2. The van der Waals surface area contributed by atoms with Crippen LogP contribution < -0.4 is 4.90 Å². The van der Waals surface area contributed by atoms with Gasteiger partial charge in [0, 0.05) is 33.5 Å². The maximum Gasteiger partial charge on any atom is 0.0957 e. The lowest BCUT2D eigenvalue weighted by molar-refractivity contribution is 0.568. The van der Waals surface area contributed by atoms with Crippen LogP contribution in [0.25, 0.3) is 68.6 Å². The number of hydrogen-bond donors (Lipinski definition) is 2. The highest BCUT2D eigenvalue weighted by Crippen LogP contribution is 2.44. The molecule has 7 aromatic rings. The van der Waals surface area contributed by atoms with Crippen LogP contribution in [0.15, 0.2) is 109 Å². The molecule has 0 aliphatic carbocycles. The van der Waals surface area contributed by atoms with Gasteiger partial charge in [-0.1, -0.05) is 202 Å². The number of benzene rings is 4. The minimum atomic E-state index is -0.104. The molecule has 0 radical (unpaired) electrons. The lowest BCUT2D eigenvalue weighted by Gasteiger charge is -2.27. The number of hydrogen-bond acceptors (Lipinski definition) is 3. The zero-order valence-corrected chi connectivity index (χ0v) is 50.2. The molecule has 0 fully saturated rings. The molecule has 2 N–H and O–H groups in total. The van der Waals surface area contributed by atoms with Crippen LogP contribution in [0.1, 0.15) is 210 Å². The number of anilines is 3. The SMILES string of the molecule is C#Cc1c2nc(c(-c3cc(C(C)(C)C)cc(C(C)(C)C)c3)c3ccc([nH]3)c(N(c3ccc(CCCCCC)cc3)c3ccc(CCCCCC)cc3)c3nc(c(-c4cc(C(C)(C)C)cc(C(C)(C)C)c4)c4ccc1[nH]4)C=C3)C=C2. The molecule has 0 saturated carbocycles. The average Bonchev–Trinajstić information content (AvgIpc) is 4.49. The molecule has 79 heavy (non-hydrogen) atoms. The van der Waals surface area contributed by atoms with Gasteiger partial charge >= 0.3 is 0 Å². The van der Waals surface area contributed by atoms with E-state index in [0.29, 0.717) is 5.56 Å². The van der Waals surface area contributed by atoms with Gasteiger partial charge in [0.15, 0.2) is 0 Å². The molecular formula is C74H87N5.